The smallest absolute Gasteiger partial charge is 0.237 e. The van der Waals surface area contributed by atoms with Gasteiger partial charge >= 0.3 is 0 Å². The zero-order valence-electron chi connectivity index (χ0n) is 13.9. The molecule has 0 spiro atoms. The predicted octanol–water partition coefficient (Wildman–Crippen LogP) is 4.27. The molecule has 128 valence electrons. The van der Waals surface area contributed by atoms with Gasteiger partial charge in [0, 0.05) is 16.4 Å². The fourth-order valence-electron chi connectivity index (χ4n) is 3.19. The number of nitrogens with one attached hydrogen (secondary N) is 1. The zero-order chi connectivity index (χ0) is 16.9. The van der Waals surface area contributed by atoms with Crippen molar-refractivity contribution in [2.75, 3.05) is 19.6 Å². The molecule has 1 atom stereocenters. The van der Waals surface area contributed by atoms with E-state index in [0.29, 0.717) is 6.54 Å². The summed E-state index contributed by atoms with van der Waals surface area (Å²) in [4.78, 5) is 16.2. The minimum Gasteiger partial charge on any atom is -0.330 e. The zero-order valence-corrected chi connectivity index (χ0v) is 15.5. The van der Waals surface area contributed by atoms with Gasteiger partial charge in [0.2, 0.25) is 5.91 Å². The van der Waals surface area contributed by atoms with Gasteiger partial charge in [-0.2, -0.15) is 0 Å². The van der Waals surface area contributed by atoms with E-state index in [0.717, 1.165) is 42.9 Å². The van der Waals surface area contributed by atoms with Crippen LogP contribution < -0.4 is 5.32 Å². The molecule has 0 radical (unpaired) electrons. The Bertz CT molecular complexity index is 683. The first-order valence-corrected chi connectivity index (χ1v) is 9.78. The maximum atomic E-state index is 12.8. The van der Waals surface area contributed by atoms with E-state index in [4.69, 9.17) is 11.6 Å². The fraction of sp³-hybridized carbons (Fsp3) is 0.421. The molecule has 2 aromatic rings. The van der Waals surface area contributed by atoms with Gasteiger partial charge in [-0.3, -0.25) is 4.79 Å². The number of carbonyl (C=O) groups excluding carboxylic acids is 1. The molecule has 1 aromatic carbocycles. The van der Waals surface area contributed by atoms with Crippen LogP contribution in [0.25, 0.3) is 0 Å². The Labute approximate surface area is 152 Å². The topological polar surface area (TPSA) is 32.3 Å². The Hall–Kier alpha value is -1.36. The second-order valence-corrected chi connectivity index (χ2v) is 7.56. The molecular formula is C19H23ClN2OS. The lowest BCUT2D eigenvalue weighted by Gasteiger charge is -2.36. The van der Waals surface area contributed by atoms with E-state index in [1.54, 1.807) is 11.3 Å². The van der Waals surface area contributed by atoms with Crippen molar-refractivity contribution in [1.29, 1.82) is 0 Å². The Morgan fingerprint density at radius 3 is 2.88 bits per heavy atom. The van der Waals surface area contributed by atoms with Gasteiger partial charge in [0.05, 0.1) is 12.6 Å². The largest absolute Gasteiger partial charge is 0.330 e. The quantitative estimate of drug-likeness (QED) is 0.778. The highest BCUT2D eigenvalue weighted by Crippen LogP contribution is 2.38. The van der Waals surface area contributed by atoms with Crippen LogP contribution in [0.1, 0.15) is 41.8 Å². The molecule has 0 saturated carbocycles. The second kappa shape index (κ2) is 8.15. The molecule has 0 saturated heterocycles. The van der Waals surface area contributed by atoms with Gasteiger partial charge in [-0.15, -0.1) is 11.3 Å². The molecule has 0 fully saturated rings. The Morgan fingerprint density at radius 1 is 1.33 bits per heavy atom. The molecule has 0 aliphatic carbocycles. The standard InChI is InChI=1S/C19H23ClN2OS/c1-2-3-10-21-13-18(23)22-11-8-17-16(9-12-24-17)19(22)14-4-6-15(20)7-5-14/h4-7,9,12,19,21H,2-3,8,10-11,13H2,1H3. The summed E-state index contributed by atoms with van der Waals surface area (Å²) >= 11 is 7.82. The van der Waals surface area contributed by atoms with Crippen LogP contribution in [-0.4, -0.2) is 30.4 Å². The second-order valence-electron chi connectivity index (χ2n) is 6.12. The Morgan fingerprint density at radius 2 is 2.12 bits per heavy atom. The molecule has 24 heavy (non-hydrogen) atoms. The van der Waals surface area contributed by atoms with E-state index in [-0.39, 0.29) is 11.9 Å². The summed E-state index contributed by atoms with van der Waals surface area (Å²) in [6.07, 6.45) is 3.18. The summed E-state index contributed by atoms with van der Waals surface area (Å²) in [6.45, 7) is 4.23. The number of hydrogen-bond acceptors (Lipinski definition) is 3. The SMILES string of the molecule is CCCCNCC(=O)N1CCc2sccc2C1c1ccc(Cl)cc1. The average Bonchev–Trinajstić information content (AvgIpc) is 3.07. The molecule has 1 N–H and O–H groups in total. The monoisotopic (exact) mass is 362 g/mol. The van der Waals surface area contributed by atoms with Crippen molar-refractivity contribution in [2.24, 2.45) is 0 Å². The number of hydrogen-bond donors (Lipinski definition) is 1. The number of fused-ring (bicyclic) bond motifs is 1. The number of nitrogens with zero attached hydrogens (tertiary/aromatic N) is 1. The third-order valence-corrected chi connectivity index (χ3v) is 5.70. The molecule has 3 nitrogen and oxygen atoms in total. The predicted molar refractivity (Wildman–Crippen MR) is 101 cm³/mol. The third-order valence-electron chi connectivity index (χ3n) is 4.46. The van der Waals surface area contributed by atoms with Gasteiger partial charge in [-0.05, 0) is 54.1 Å². The minimum atomic E-state index is -0.00209. The van der Waals surface area contributed by atoms with Crippen LogP contribution in [0, 0.1) is 0 Å². The van der Waals surface area contributed by atoms with E-state index in [9.17, 15) is 4.79 Å². The van der Waals surface area contributed by atoms with Crippen LogP contribution in [-0.2, 0) is 11.2 Å². The van der Waals surface area contributed by atoms with Crippen LogP contribution in [0.15, 0.2) is 35.7 Å². The number of benzene rings is 1. The highest BCUT2D eigenvalue weighted by atomic mass is 35.5. The van der Waals surface area contributed by atoms with Crippen molar-refractivity contribution in [3.8, 4) is 0 Å². The maximum Gasteiger partial charge on any atom is 0.237 e. The summed E-state index contributed by atoms with van der Waals surface area (Å²) < 4.78 is 0. The van der Waals surface area contributed by atoms with Crippen molar-refractivity contribution in [3.63, 3.8) is 0 Å². The number of halogens is 1. The first-order chi connectivity index (χ1) is 11.7. The molecule has 0 bridgehead atoms. The van der Waals surface area contributed by atoms with Gasteiger partial charge in [0.15, 0.2) is 0 Å². The first-order valence-electron chi connectivity index (χ1n) is 8.52. The van der Waals surface area contributed by atoms with Crippen molar-refractivity contribution < 1.29 is 4.79 Å². The van der Waals surface area contributed by atoms with Gasteiger partial charge in [-0.1, -0.05) is 37.1 Å². The van der Waals surface area contributed by atoms with Crippen LogP contribution >= 0.6 is 22.9 Å². The van der Waals surface area contributed by atoms with Gasteiger partial charge < -0.3 is 10.2 Å². The highest BCUT2D eigenvalue weighted by molar-refractivity contribution is 7.10. The third kappa shape index (κ3) is 3.82. The molecular weight excluding hydrogens is 340 g/mol. The van der Waals surface area contributed by atoms with E-state index in [2.05, 4.69) is 23.7 Å². The minimum absolute atomic E-state index is 0.00209. The number of amides is 1. The van der Waals surface area contributed by atoms with Crippen LogP contribution in [0.3, 0.4) is 0 Å². The van der Waals surface area contributed by atoms with Crippen molar-refractivity contribution in [2.45, 2.75) is 32.2 Å². The summed E-state index contributed by atoms with van der Waals surface area (Å²) in [7, 11) is 0. The van der Waals surface area contributed by atoms with Crippen LogP contribution in [0.4, 0.5) is 0 Å². The fourth-order valence-corrected chi connectivity index (χ4v) is 4.22. The Balaban J connectivity index is 1.82. The number of unbranched alkanes of at least 4 members (excludes halogenated alkanes) is 1. The van der Waals surface area contributed by atoms with Gasteiger partial charge in [-0.25, -0.2) is 0 Å². The van der Waals surface area contributed by atoms with Crippen molar-refractivity contribution in [3.05, 3.63) is 56.7 Å². The summed E-state index contributed by atoms with van der Waals surface area (Å²) in [5, 5.41) is 6.12. The molecule has 5 heteroatoms. The number of rotatable bonds is 6. The molecule has 3 rings (SSSR count). The molecule has 2 heterocycles. The molecule has 1 unspecified atom stereocenters. The van der Waals surface area contributed by atoms with Gasteiger partial charge in [0.1, 0.15) is 0 Å². The van der Waals surface area contributed by atoms with E-state index in [1.165, 1.54) is 10.4 Å². The van der Waals surface area contributed by atoms with Gasteiger partial charge in [0.25, 0.3) is 0 Å². The van der Waals surface area contributed by atoms with E-state index in [1.807, 2.05) is 29.2 Å². The Kier molecular flexibility index (Phi) is 5.93. The molecule has 1 aromatic heterocycles. The number of thiophene rings is 1. The lowest BCUT2D eigenvalue weighted by molar-refractivity contribution is -0.132. The van der Waals surface area contributed by atoms with Crippen LogP contribution in [0.2, 0.25) is 5.02 Å². The van der Waals surface area contributed by atoms with Crippen molar-refractivity contribution >= 4 is 28.8 Å². The first kappa shape index (κ1) is 17.5. The van der Waals surface area contributed by atoms with Crippen molar-refractivity contribution in [1.82, 2.24) is 10.2 Å². The lowest BCUT2D eigenvalue weighted by atomic mass is 9.93. The van der Waals surface area contributed by atoms with Crippen LogP contribution in [0.5, 0.6) is 0 Å². The summed E-state index contributed by atoms with van der Waals surface area (Å²) in [5.41, 5.74) is 2.39. The summed E-state index contributed by atoms with van der Waals surface area (Å²) in [5.74, 6) is 0.169. The van der Waals surface area contributed by atoms with E-state index >= 15 is 0 Å². The summed E-state index contributed by atoms with van der Waals surface area (Å²) in [6, 6.07) is 10.0. The molecule has 1 amide bonds. The number of carbonyl (C=O) groups is 1. The molecule has 1 aliphatic rings. The maximum absolute atomic E-state index is 12.8. The molecule has 1 aliphatic heterocycles. The highest BCUT2D eigenvalue weighted by Gasteiger charge is 2.32. The van der Waals surface area contributed by atoms with E-state index < -0.39 is 0 Å². The normalized spacial score (nSPS) is 16.9. The average molecular weight is 363 g/mol. The lowest BCUT2D eigenvalue weighted by Crippen LogP contribution is -2.44.